The van der Waals surface area contributed by atoms with Crippen LogP contribution in [0.1, 0.15) is 23.7 Å². The fourth-order valence-electron chi connectivity index (χ4n) is 4.12. The lowest BCUT2D eigenvalue weighted by molar-refractivity contribution is 0.00194. The van der Waals surface area contributed by atoms with Crippen LogP contribution in [0.25, 0.3) is 11.4 Å². The van der Waals surface area contributed by atoms with Crippen LogP contribution in [0.2, 0.25) is 0 Å². The van der Waals surface area contributed by atoms with E-state index in [-0.39, 0.29) is 17.7 Å². The Labute approximate surface area is 166 Å². The average Bonchev–Trinajstić information content (AvgIpc) is 2.75. The minimum atomic E-state index is -0.334. The molecule has 1 fully saturated rings. The minimum absolute atomic E-state index is 0.0602. The van der Waals surface area contributed by atoms with E-state index in [9.17, 15) is 4.79 Å². The van der Waals surface area contributed by atoms with E-state index in [0.717, 1.165) is 16.9 Å². The number of hydrogen-bond acceptors (Lipinski definition) is 6. The maximum atomic E-state index is 12.5. The van der Waals surface area contributed by atoms with Crippen LogP contribution in [0.15, 0.2) is 53.7 Å². The third-order valence-electron chi connectivity index (χ3n) is 5.40. The number of benzene rings is 1. The minimum Gasteiger partial charge on any atom is -0.370 e. The van der Waals surface area contributed by atoms with E-state index >= 15 is 0 Å². The lowest BCUT2D eigenvalue weighted by atomic mass is 9.84. The van der Waals surface area contributed by atoms with Crippen molar-refractivity contribution in [2.24, 2.45) is 0 Å². The van der Waals surface area contributed by atoms with Gasteiger partial charge in [0.05, 0.1) is 24.0 Å². The van der Waals surface area contributed by atoms with Gasteiger partial charge in [-0.2, -0.15) is 4.09 Å². The average molecular weight is 396 g/mol. The van der Waals surface area contributed by atoms with Gasteiger partial charge in [-0.15, -0.1) is 0 Å². The second-order valence-corrected chi connectivity index (χ2v) is 7.28. The number of aromatic nitrogens is 4. The summed E-state index contributed by atoms with van der Waals surface area (Å²) in [5.41, 5.74) is 3.26. The van der Waals surface area contributed by atoms with Crippen LogP contribution >= 0.6 is 11.8 Å². The first-order chi connectivity index (χ1) is 13.7. The summed E-state index contributed by atoms with van der Waals surface area (Å²) >= 11 is 6.34. The SMILES string of the molecule is O=c1cc(-c2ccncn2)nc(N2CCO[C@H]3c4ccccc4CC[C@H]32)n1Cl. The molecule has 7 nitrogen and oxygen atoms in total. The Morgan fingerprint density at radius 3 is 2.93 bits per heavy atom. The first-order valence-electron chi connectivity index (χ1n) is 9.25. The Balaban J connectivity index is 1.58. The Morgan fingerprint density at radius 2 is 2.07 bits per heavy atom. The number of morpholine rings is 1. The molecule has 0 bridgehead atoms. The van der Waals surface area contributed by atoms with Crippen molar-refractivity contribution in [2.75, 3.05) is 18.1 Å². The van der Waals surface area contributed by atoms with Crippen molar-refractivity contribution in [3.05, 3.63) is 70.4 Å². The van der Waals surface area contributed by atoms with E-state index < -0.39 is 0 Å². The van der Waals surface area contributed by atoms with E-state index in [2.05, 4.69) is 38.1 Å². The number of fused-ring (bicyclic) bond motifs is 3. The van der Waals surface area contributed by atoms with Gasteiger partial charge in [0.25, 0.3) is 5.56 Å². The second-order valence-electron chi connectivity index (χ2n) is 6.94. The van der Waals surface area contributed by atoms with Crippen LogP contribution in [0.5, 0.6) is 0 Å². The zero-order chi connectivity index (χ0) is 19.1. The van der Waals surface area contributed by atoms with Crippen LogP contribution in [-0.4, -0.2) is 38.2 Å². The fraction of sp³-hybridized carbons (Fsp3) is 0.300. The highest BCUT2D eigenvalue weighted by atomic mass is 35.5. The Hall–Kier alpha value is -2.77. The summed E-state index contributed by atoms with van der Waals surface area (Å²) in [7, 11) is 0. The van der Waals surface area contributed by atoms with Gasteiger partial charge in [-0.1, -0.05) is 24.3 Å². The Kier molecular flexibility index (Phi) is 4.33. The zero-order valence-corrected chi connectivity index (χ0v) is 15.8. The van der Waals surface area contributed by atoms with Crippen molar-refractivity contribution in [3.63, 3.8) is 0 Å². The number of aryl methyl sites for hydroxylation is 1. The molecule has 0 amide bonds. The van der Waals surface area contributed by atoms with Crippen LogP contribution < -0.4 is 10.5 Å². The monoisotopic (exact) mass is 395 g/mol. The third-order valence-corrected chi connectivity index (χ3v) is 5.72. The number of rotatable bonds is 2. The number of ether oxygens (including phenoxy) is 1. The summed E-state index contributed by atoms with van der Waals surface area (Å²) in [5, 5.41) is 0. The number of nitrogens with zero attached hydrogens (tertiary/aromatic N) is 5. The molecule has 1 aliphatic carbocycles. The first kappa shape index (κ1) is 17.3. The van der Waals surface area contributed by atoms with Crippen LogP contribution in [0.3, 0.4) is 0 Å². The molecule has 1 saturated heterocycles. The maximum Gasteiger partial charge on any atom is 0.270 e. The van der Waals surface area contributed by atoms with Crippen LogP contribution in [-0.2, 0) is 11.2 Å². The van der Waals surface area contributed by atoms with Crippen molar-refractivity contribution in [1.29, 1.82) is 0 Å². The molecule has 0 unspecified atom stereocenters. The van der Waals surface area contributed by atoms with Crippen molar-refractivity contribution in [1.82, 2.24) is 19.0 Å². The molecule has 1 aliphatic heterocycles. The van der Waals surface area contributed by atoms with E-state index in [1.807, 2.05) is 6.07 Å². The summed E-state index contributed by atoms with van der Waals surface area (Å²) in [6, 6.07) is 11.6. The van der Waals surface area contributed by atoms with Gasteiger partial charge in [0.1, 0.15) is 12.4 Å². The number of hydrogen-bond donors (Lipinski definition) is 0. The molecule has 0 radical (unpaired) electrons. The third kappa shape index (κ3) is 2.87. The zero-order valence-electron chi connectivity index (χ0n) is 15.0. The van der Waals surface area contributed by atoms with Gasteiger partial charge in [0.15, 0.2) is 0 Å². The molecule has 1 aromatic carbocycles. The van der Waals surface area contributed by atoms with Gasteiger partial charge in [-0.3, -0.25) is 4.79 Å². The Morgan fingerprint density at radius 1 is 1.18 bits per heavy atom. The highest BCUT2D eigenvalue weighted by Crippen LogP contribution is 2.39. The van der Waals surface area contributed by atoms with E-state index in [0.29, 0.717) is 30.5 Å². The van der Waals surface area contributed by atoms with Gasteiger partial charge in [-0.25, -0.2) is 15.0 Å². The van der Waals surface area contributed by atoms with Gasteiger partial charge in [0, 0.05) is 30.6 Å². The fourth-order valence-corrected chi connectivity index (χ4v) is 4.30. The van der Waals surface area contributed by atoms with Crippen LogP contribution in [0, 0.1) is 0 Å². The molecule has 5 rings (SSSR count). The summed E-state index contributed by atoms with van der Waals surface area (Å²) in [6.07, 6.45) is 4.86. The molecular weight excluding hydrogens is 378 g/mol. The molecule has 142 valence electrons. The first-order valence-corrected chi connectivity index (χ1v) is 9.59. The molecule has 2 aromatic heterocycles. The summed E-state index contributed by atoms with van der Waals surface area (Å²) in [5.74, 6) is 0.431. The Bertz CT molecular complexity index is 1070. The molecule has 0 spiro atoms. The van der Waals surface area contributed by atoms with E-state index in [4.69, 9.17) is 16.5 Å². The summed E-state index contributed by atoms with van der Waals surface area (Å²) in [6.45, 7) is 1.16. The summed E-state index contributed by atoms with van der Waals surface area (Å²) in [4.78, 5) is 27.4. The largest absolute Gasteiger partial charge is 0.370 e. The number of anilines is 1. The molecule has 28 heavy (non-hydrogen) atoms. The molecule has 0 saturated carbocycles. The predicted octanol–water partition coefficient (Wildman–Crippen LogP) is 2.59. The lowest BCUT2D eigenvalue weighted by Gasteiger charge is -2.45. The molecule has 3 aromatic rings. The van der Waals surface area contributed by atoms with Crippen molar-refractivity contribution in [3.8, 4) is 11.4 Å². The molecular formula is C20H18ClN5O2. The smallest absolute Gasteiger partial charge is 0.270 e. The van der Waals surface area contributed by atoms with Crippen LogP contribution in [0.4, 0.5) is 5.95 Å². The highest BCUT2D eigenvalue weighted by Gasteiger charge is 2.39. The lowest BCUT2D eigenvalue weighted by Crippen LogP contribution is -2.51. The standard InChI is InChI=1S/C20H18ClN5O2/c21-26-18(27)11-16(15-7-8-22-12-23-15)24-20(26)25-9-10-28-19-14-4-2-1-3-13(14)5-6-17(19)25/h1-4,7-8,11-12,17,19H,5-6,9-10H2/t17-,19+/m1/s1. The van der Waals surface area contributed by atoms with Crippen molar-refractivity contribution < 1.29 is 4.74 Å². The van der Waals surface area contributed by atoms with Crippen molar-refractivity contribution in [2.45, 2.75) is 25.0 Å². The van der Waals surface area contributed by atoms with E-state index in [1.54, 1.807) is 12.3 Å². The predicted molar refractivity (Wildman–Crippen MR) is 105 cm³/mol. The normalized spacial score (nSPS) is 21.1. The van der Waals surface area contributed by atoms with Gasteiger partial charge in [-0.05, 0) is 30.0 Å². The highest BCUT2D eigenvalue weighted by molar-refractivity contribution is 6.16. The van der Waals surface area contributed by atoms with E-state index in [1.165, 1.54) is 23.5 Å². The molecule has 3 heterocycles. The van der Waals surface area contributed by atoms with Gasteiger partial charge < -0.3 is 9.64 Å². The topological polar surface area (TPSA) is 73.1 Å². The molecule has 2 aliphatic rings. The van der Waals surface area contributed by atoms with Gasteiger partial charge >= 0.3 is 0 Å². The molecule has 2 atom stereocenters. The maximum absolute atomic E-state index is 12.5. The summed E-state index contributed by atoms with van der Waals surface area (Å²) < 4.78 is 7.22. The second kappa shape index (κ2) is 7.00. The van der Waals surface area contributed by atoms with Gasteiger partial charge in [0.2, 0.25) is 5.95 Å². The quantitative estimate of drug-likeness (QED) is 0.664. The molecule has 8 heteroatoms. The number of halogens is 1. The molecule has 0 N–H and O–H groups in total. The van der Waals surface area contributed by atoms with Crippen molar-refractivity contribution >= 4 is 17.7 Å².